The first kappa shape index (κ1) is 18.1. The van der Waals surface area contributed by atoms with Crippen LogP contribution in [0.2, 0.25) is 5.02 Å². The fraction of sp³-hybridized carbons (Fsp3) is 0.0476. The Balaban J connectivity index is 1.39. The maximum absolute atomic E-state index is 6.38. The number of fused-ring (bicyclic) bond motifs is 1. The minimum atomic E-state index is 0.428. The number of nitrogen functional groups attached to an aromatic ring is 1. The Morgan fingerprint density at radius 3 is 2.73 bits per heavy atom. The molecule has 0 aliphatic carbocycles. The van der Waals surface area contributed by atoms with Crippen molar-refractivity contribution in [1.82, 2.24) is 29.4 Å². The molecule has 1 aromatic carbocycles. The molecule has 5 rings (SSSR count). The van der Waals surface area contributed by atoms with Crippen molar-refractivity contribution in [3.63, 3.8) is 0 Å². The van der Waals surface area contributed by atoms with Crippen molar-refractivity contribution >= 4 is 34.4 Å². The molecule has 0 bridgehead atoms. The van der Waals surface area contributed by atoms with Gasteiger partial charge >= 0.3 is 0 Å². The van der Waals surface area contributed by atoms with E-state index >= 15 is 0 Å². The molecule has 5 aromatic rings. The van der Waals surface area contributed by atoms with Crippen LogP contribution in [0.5, 0.6) is 0 Å². The molecule has 0 amide bonds. The normalized spacial score (nSPS) is 11.1. The van der Waals surface area contributed by atoms with Gasteiger partial charge in [-0.3, -0.25) is 4.68 Å². The lowest BCUT2D eigenvalue weighted by atomic mass is 10.2. The minimum absolute atomic E-state index is 0.428. The van der Waals surface area contributed by atoms with Crippen molar-refractivity contribution in [2.75, 3.05) is 11.1 Å². The van der Waals surface area contributed by atoms with Gasteiger partial charge in [-0.15, -0.1) is 0 Å². The minimum Gasteiger partial charge on any atom is -0.399 e. The summed E-state index contributed by atoms with van der Waals surface area (Å²) in [4.78, 5) is 8.90. The number of nitrogens with one attached hydrogen (secondary N) is 1. The molecule has 148 valence electrons. The number of nitrogens with zero attached hydrogens (tertiary/aromatic N) is 6. The van der Waals surface area contributed by atoms with Gasteiger partial charge in [-0.25, -0.2) is 14.5 Å². The van der Waals surface area contributed by atoms with Gasteiger partial charge in [0.15, 0.2) is 0 Å². The number of rotatable bonds is 5. The summed E-state index contributed by atoms with van der Waals surface area (Å²) >= 11 is 6.38. The number of hydrogen-bond acceptors (Lipinski definition) is 6. The third-order valence-corrected chi connectivity index (χ3v) is 4.92. The third kappa shape index (κ3) is 3.56. The summed E-state index contributed by atoms with van der Waals surface area (Å²) in [6.07, 6.45) is 8.82. The number of aromatic nitrogens is 6. The first-order valence-electron chi connectivity index (χ1n) is 9.25. The van der Waals surface area contributed by atoms with Crippen LogP contribution in [-0.4, -0.2) is 29.4 Å². The Hall–Kier alpha value is -3.91. The van der Waals surface area contributed by atoms with E-state index in [4.69, 9.17) is 17.3 Å². The van der Waals surface area contributed by atoms with Crippen LogP contribution in [0.15, 0.2) is 73.4 Å². The van der Waals surface area contributed by atoms with Gasteiger partial charge in [0.2, 0.25) is 5.95 Å². The van der Waals surface area contributed by atoms with Gasteiger partial charge in [0.25, 0.3) is 0 Å². The Kier molecular flexibility index (Phi) is 4.53. The molecule has 0 saturated heterocycles. The summed E-state index contributed by atoms with van der Waals surface area (Å²) < 4.78 is 3.61. The molecule has 0 spiro atoms. The molecule has 0 aliphatic rings. The maximum Gasteiger partial charge on any atom is 0.227 e. The number of hydrogen-bond donors (Lipinski definition) is 2. The van der Waals surface area contributed by atoms with Crippen LogP contribution in [0.1, 0.15) is 5.56 Å². The molecule has 8 nitrogen and oxygen atoms in total. The van der Waals surface area contributed by atoms with Gasteiger partial charge in [-0.1, -0.05) is 29.8 Å². The van der Waals surface area contributed by atoms with Gasteiger partial charge in [0, 0.05) is 23.6 Å². The second-order valence-corrected chi connectivity index (χ2v) is 7.18. The fourth-order valence-electron chi connectivity index (χ4n) is 3.19. The predicted molar refractivity (Wildman–Crippen MR) is 117 cm³/mol. The maximum atomic E-state index is 6.38. The highest BCUT2D eigenvalue weighted by Crippen LogP contribution is 2.30. The third-order valence-electron chi connectivity index (χ3n) is 4.64. The highest BCUT2D eigenvalue weighted by Gasteiger charge is 2.13. The standard InChI is InChI=1S/C21H17ClN8/c22-18-11-24-21(28-20(18)17-10-26-30-8-2-1-3-19(17)30)27-16-9-25-29(13-16)12-14-4-6-15(23)7-5-14/h1-11,13H,12,23H2,(H,24,27,28). The molecule has 0 saturated carbocycles. The van der Waals surface area contributed by atoms with E-state index in [1.807, 2.05) is 59.5 Å². The molecule has 9 heteroatoms. The Morgan fingerprint density at radius 2 is 1.87 bits per heavy atom. The SMILES string of the molecule is Nc1ccc(Cn2cc(Nc3ncc(Cl)c(-c4cnn5ccccc45)n3)cn2)cc1. The van der Waals surface area contributed by atoms with E-state index in [1.54, 1.807) is 23.1 Å². The molecular weight excluding hydrogens is 400 g/mol. The molecule has 30 heavy (non-hydrogen) atoms. The smallest absolute Gasteiger partial charge is 0.227 e. The molecule has 0 aliphatic heterocycles. The molecule has 4 heterocycles. The number of pyridine rings is 1. The van der Waals surface area contributed by atoms with E-state index in [0.717, 1.165) is 28.0 Å². The molecule has 0 fully saturated rings. The van der Waals surface area contributed by atoms with Gasteiger partial charge in [0.1, 0.15) is 0 Å². The van der Waals surface area contributed by atoms with Crippen molar-refractivity contribution in [2.24, 2.45) is 0 Å². The van der Waals surface area contributed by atoms with Crippen LogP contribution in [-0.2, 0) is 6.54 Å². The summed E-state index contributed by atoms with van der Waals surface area (Å²) in [5, 5.41) is 12.4. The highest BCUT2D eigenvalue weighted by atomic mass is 35.5. The lowest BCUT2D eigenvalue weighted by Crippen LogP contribution is -2.00. The van der Waals surface area contributed by atoms with Crippen molar-refractivity contribution in [3.8, 4) is 11.3 Å². The van der Waals surface area contributed by atoms with Crippen LogP contribution in [0.25, 0.3) is 16.8 Å². The van der Waals surface area contributed by atoms with Gasteiger partial charge in [0.05, 0.1) is 47.1 Å². The number of benzene rings is 1. The van der Waals surface area contributed by atoms with Crippen LogP contribution in [0.3, 0.4) is 0 Å². The average molecular weight is 417 g/mol. The Bertz CT molecular complexity index is 1320. The summed E-state index contributed by atoms with van der Waals surface area (Å²) in [5.74, 6) is 0.428. The zero-order chi connectivity index (χ0) is 20.5. The van der Waals surface area contributed by atoms with Crippen LogP contribution in [0, 0.1) is 0 Å². The largest absolute Gasteiger partial charge is 0.399 e. The quantitative estimate of drug-likeness (QED) is 0.420. The van der Waals surface area contributed by atoms with Crippen LogP contribution in [0.4, 0.5) is 17.3 Å². The first-order chi connectivity index (χ1) is 14.7. The fourth-order valence-corrected chi connectivity index (χ4v) is 3.38. The second-order valence-electron chi connectivity index (χ2n) is 6.77. The predicted octanol–water partition coefficient (Wildman–Crippen LogP) is 4.02. The van der Waals surface area contributed by atoms with E-state index < -0.39 is 0 Å². The zero-order valence-electron chi connectivity index (χ0n) is 15.8. The van der Waals surface area contributed by atoms with Gasteiger partial charge in [-0.05, 0) is 29.8 Å². The number of nitrogens with two attached hydrogens (primary N) is 1. The average Bonchev–Trinajstić information content (AvgIpc) is 3.38. The summed E-state index contributed by atoms with van der Waals surface area (Å²) in [6.45, 7) is 0.636. The lowest BCUT2D eigenvalue weighted by molar-refractivity contribution is 0.687. The number of halogens is 1. The summed E-state index contributed by atoms with van der Waals surface area (Å²) in [5.41, 5.74) is 10.7. The molecular formula is C21H17ClN8. The van der Waals surface area contributed by atoms with E-state index in [0.29, 0.717) is 23.2 Å². The molecule has 0 atom stereocenters. The lowest BCUT2D eigenvalue weighted by Gasteiger charge is -2.06. The monoisotopic (exact) mass is 416 g/mol. The van der Waals surface area contributed by atoms with E-state index in [-0.39, 0.29) is 0 Å². The van der Waals surface area contributed by atoms with E-state index in [1.165, 1.54) is 0 Å². The summed E-state index contributed by atoms with van der Waals surface area (Å²) in [6, 6.07) is 13.5. The first-order valence-corrected chi connectivity index (χ1v) is 9.63. The Morgan fingerprint density at radius 1 is 1.00 bits per heavy atom. The van der Waals surface area contributed by atoms with E-state index in [9.17, 15) is 0 Å². The zero-order valence-corrected chi connectivity index (χ0v) is 16.5. The van der Waals surface area contributed by atoms with Crippen molar-refractivity contribution < 1.29 is 0 Å². The van der Waals surface area contributed by atoms with Gasteiger partial charge in [-0.2, -0.15) is 10.2 Å². The van der Waals surface area contributed by atoms with Crippen LogP contribution < -0.4 is 11.1 Å². The highest BCUT2D eigenvalue weighted by molar-refractivity contribution is 6.33. The van der Waals surface area contributed by atoms with Gasteiger partial charge < -0.3 is 11.1 Å². The Labute approximate surface area is 177 Å². The second kappa shape index (κ2) is 7.49. The van der Waals surface area contributed by atoms with Crippen molar-refractivity contribution in [1.29, 1.82) is 0 Å². The molecule has 0 unspecified atom stereocenters. The van der Waals surface area contributed by atoms with Crippen LogP contribution >= 0.6 is 11.6 Å². The number of anilines is 3. The molecule has 3 N–H and O–H groups in total. The summed E-state index contributed by atoms with van der Waals surface area (Å²) in [7, 11) is 0. The molecule has 4 aromatic heterocycles. The van der Waals surface area contributed by atoms with Crippen molar-refractivity contribution in [3.05, 3.63) is 84.0 Å². The topological polar surface area (TPSA) is 98.9 Å². The van der Waals surface area contributed by atoms with E-state index in [2.05, 4.69) is 25.5 Å². The molecule has 0 radical (unpaired) electrons. The van der Waals surface area contributed by atoms with Crippen molar-refractivity contribution in [2.45, 2.75) is 6.54 Å².